The van der Waals surface area contributed by atoms with Gasteiger partial charge in [0.05, 0.1) is 5.02 Å². The van der Waals surface area contributed by atoms with E-state index in [-0.39, 0.29) is 22.1 Å². The molecule has 0 aliphatic carbocycles. The molecular formula is C24H28ClF3. The highest BCUT2D eigenvalue weighted by Crippen LogP contribution is 2.38. The van der Waals surface area contributed by atoms with Crippen LogP contribution >= 0.6 is 11.6 Å². The van der Waals surface area contributed by atoms with Crippen LogP contribution in [0.25, 0.3) is 5.57 Å². The summed E-state index contributed by atoms with van der Waals surface area (Å²) >= 11 is 6.08. The highest BCUT2D eigenvalue weighted by Gasteiger charge is 2.23. The van der Waals surface area contributed by atoms with Gasteiger partial charge in [-0.2, -0.15) is 0 Å². The van der Waals surface area contributed by atoms with Crippen LogP contribution in [0.2, 0.25) is 5.02 Å². The summed E-state index contributed by atoms with van der Waals surface area (Å²) in [6.07, 6.45) is 3.14. The number of benzene rings is 2. The van der Waals surface area contributed by atoms with Crippen LogP contribution in [0, 0.1) is 24.4 Å². The van der Waals surface area contributed by atoms with Crippen LogP contribution in [-0.4, -0.2) is 0 Å². The van der Waals surface area contributed by atoms with Gasteiger partial charge in [0.25, 0.3) is 0 Å². The standard InChI is InChI=1S/C24H28ClF3/c1-6-8-9-18(21-17(7-2)11-13-20(25)24(21)28)15(4)16(5)19-12-10-14(3)22(26)23(19)27/h10-13,16H,6-9H2,1-5H3/b18-15+. The van der Waals surface area contributed by atoms with E-state index in [2.05, 4.69) is 6.92 Å². The number of rotatable bonds is 7. The average molecular weight is 409 g/mol. The Labute approximate surface area is 171 Å². The number of hydrogen-bond donors (Lipinski definition) is 0. The van der Waals surface area contributed by atoms with Crippen molar-refractivity contribution in [2.24, 2.45) is 0 Å². The van der Waals surface area contributed by atoms with Gasteiger partial charge >= 0.3 is 0 Å². The SMILES string of the molecule is CCCC/C(=C(/C)C(C)c1ccc(C)c(F)c1F)c1c(CC)ccc(Cl)c1F. The summed E-state index contributed by atoms with van der Waals surface area (Å²) in [6, 6.07) is 6.62. The Morgan fingerprint density at radius 2 is 1.68 bits per heavy atom. The van der Waals surface area contributed by atoms with E-state index in [1.807, 2.05) is 26.8 Å². The minimum atomic E-state index is -0.830. The third-order valence-corrected chi connectivity index (χ3v) is 5.83. The Morgan fingerprint density at radius 1 is 1.00 bits per heavy atom. The Bertz CT molecular complexity index is 884. The van der Waals surface area contributed by atoms with Crippen LogP contribution in [0.15, 0.2) is 29.8 Å². The second kappa shape index (κ2) is 9.65. The third-order valence-electron chi connectivity index (χ3n) is 5.54. The van der Waals surface area contributed by atoms with Crippen molar-refractivity contribution >= 4 is 17.2 Å². The lowest BCUT2D eigenvalue weighted by atomic mass is 9.83. The van der Waals surface area contributed by atoms with Gasteiger partial charge in [0, 0.05) is 11.5 Å². The van der Waals surface area contributed by atoms with Crippen LogP contribution in [-0.2, 0) is 6.42 Å². The van der Waals surface area contributed by atoms with Gasteiger partial charge in [-0.3, -0.25) is 0 Å². The van der Waals surface area contributed by atoms with Crippen molar-refractivity contribution < 1.29 is 13.2 Å². The molecule has 0 aromatic heterocycles. The number of hydrogen-bond acceptors (Lipinski definition) is 0. The molecule has 0 spiro atoms. The Balaban J connectivity index is 2.69. The molecule has 0 nitrogen and oxygen atoms in total. The van der Waals surface area contributed by atoms with E-state index in [9.17, 15) is 8.78 Å². The topological polar surface area (TPSA) is 0 Å². The number of halogens is 4. The molecule has 0 aliphatic rings. The van der Waals surface area contributed by atoms with Gasteiger partial charge in [-0.25, -0.2) is 13.2 Å². The fraction of sp³-hybridized carbons (Fsp3) is 0.417. The molecule has 2 aromatic rings. The molecule has 4 heteroatoms. The van der Waals surface area contributed by atoms with Gasteiger partial charge in [0.1, 0.15) is 5.82 Å². The molecule has 0 radical (unpaired) electrons. The maximum absolute atomic E-state index is 15.0. The molecule has 2 rings (SSSR count). The molecule has 1 unspecified atom stereocenters. The molecule has 0 fully saturated rings. The molecule has 0 aliphatic heterocycles. The molecular weight excluding hydrogens is 381 g/mol. The zero-order chi connectivity index (χ0) is 21.0. The summed E-state index contributed by atoms with van der Waals surface area (Å²) < 4.78 is 43.7. The lowest BCUT2D eigenvalue weighted by Gasteiger charge is -2.22. The molecule has 0 bridgehead atoms. The molecule has 1 atom stereocenters. The lowest BCUT2D eigenvalue weighted by molar-refractivity contribution is 0.490. The Morgan fingerprint density at radius 3 is 2.29 bits per heavy atom. The monoisotopic (exact) mass is 408 g/mol. The highest BCUT2D eigenvalue weighted by atomic mass is 35.5. The van der Waals surface area contributed by atoms with Crippen molar-refractivity contribution in [3.63, 3.8) is 0 Å². The fourth-order valence-electron chi connectivity index (χ4n) is 3.57. The first kappa shape index (κ1) is 22.5. The molecule has 2 aromatic carbocycles. The predicted octanol–water partition coefficient (Wildman–Crippen LogP) is 8.40. The van der Waals surface area contributed by atoms with E-state index in [0.717, 1.165) is 29.6 Å². The zero-order valence-electron chi connectivity index (χ0n) is 17.2. The molecule has 152 valence electrons. The summed E-state index contributed by atoms with van der Waals surface area (Å²) in [6.45, 7) is 9.30. The van der Waals surface area contributed by atoms with Gasteiger partial charge in [0.15, 0.2) is 11.6 Å². The van der Waals surface area contributed by atoms with Gasteiger partial charge in [-0.15, -0.1) is 0 Å². The second-order valence-corrected chi connectivity index (χ2v) is 7.74. The van der Waals surface area contributed by atoms with Crippen LogP contribution in [0.1, 0.15) is 75.1 Å². The Kier molecular flexibility index (Phi) is 7.77. The first-order valence-electron chi connectivity index (χ1n) is 9.85. The number of unbranched alkanes of at least 4 members (excludes halogenated alkanes) is 1. The van der Waals surface area contributed by atoms with E-state index in [0.29, 0.717) is 18.4 Å². The van der Waals surface area contributed by atoms with Crippen molar-refractivity contribution in [3.8, 4) is 0 Å². The van der Waals surface area contributed by atoms with Gasteiger partial charge < -0.3 is 0 Å². The van der Waals surface area contributed by atoms with E-state index < -0.39 is 17.5 Å². The van der Waals surface area contributed by atoms with E-state index in [1.54, 1.807) is 18.2 Å². The predicted molar refractivity (Wildman–Crippen MR) is 112 cm³/mol. The summed E-state index contributed by atoms with van der Waals surface area (Å²) in [5.74, 6) is -2.47. The molecule has 0 saturated heterocycles. The maximum Gasteiger partial charge on any atom is 0.162 e. The average Bonchev–Trinajstić information content (AvgIpc) is 2.68. The van der Waals surface area contributed by atoms with E-state index in [1.165, 1.54) is 6.92 Å². The minimum Gasteiger partial charge on any atom is -0.205 e. The summed E-state index contributed by atoms with van der Waals surface area (Å²) in [5.41, 5.74) is 3.62. The van der Waals surface area contributed by atoms with E-state index >= 15 is 4.39 Å². The first-order chi connectivity index (χ1) is 13.2. The number of allylic oxidation sites excluding steroid dienone is 2. The quantitative estimate of drug-likeness (QED) is 0.431. The van der Waals surface area contributed by atoms with Gasteiger partial charge in [-0.05, 0) is 61.4 Å². The van der Waals surface area contributed by atoms with E-state index in [4.69, 9.17) is 11.6 Å². The van der Waals surface area contributed by atoms with Crippen molar-refractivity contribution in [2.45, 2.75) is 66.2 Å². The Hall–Kier alpha value is -1.74. The minimum absolute atomic E-state index is 0.0780. The van der Waals surface area contributed by atoms with Crippen molar-refractivity contribution in [2.75, 3.05) is 0 Å². The smallest absolute Gasteiger partial charge is 0.162 e. The van der Waals surface area contributed by atoms with Crippen molar-refractivity contribution in [1.29, 1.82) is 0 Å². The van der Waals surface area contributed by atoms with Gasteiger partial charge in [0.2, 0.25) is 0 Å². The molecule has 0 N–H and O–H groups in total. The summed E-state index contributed by atoms with van der Waals surface area (Å²) in [7, 11) is 0. The maximum atomic E-state index is 15.0. The van der Waals surface area contributed by atoms with Crippen molar-refractivity contribution in [1.82, 2.24) is 0 Å². The fourth-order valence-corrected chi connectivity index (χ4v) is 3.73. The van der Waals surface area contributed by atoms with Crippen LogP contribution < -0.4 is 0 Å². The molecule has 28 heavy (non-hydrogen) atoms. The second-order valence-electron chi connectivity index (χ2n) is 7.34. The first-order valence-corrected chi connectivity index (χ1v) is 10.2. The van der Waals surface area contributed by atoms with Crippen LogP contribution in [0.3, 0.4) is 0 Å². The summed E-state index contributed by atoms with van der Waals surface area (Å²) in [5, 5.41) is 0.0780. The zero-order valence-corrected chi connectivity index (χ0v) is 18.0. The molecule has 0 saturated carbocycles. The van der Waals surface area contributed by atoms with Gasteiger partial charge in [-0.1, -0.05) is 62.6 Å². The van der Waals surface area contributed by atoms with Crippen LogP contribution in [0.4, 0.5) is 13.2 Å². The van der Waals surface area contributed by atoms with Crippen LogP contribution in [0.5, 0.6) is 0 Å². The molecule has 0 amide bonds. The normalized spacial score (nSPS) is 13.5. The highest BCUT2D eigenvalue weighted by molar-refractivity contribution is 6.31. The van der Waals surface area contributed by atoms with Crippen molar-refractivity contribution in [3.05, 3.63) is 74.6 Å². The third kappa shape index (κ3) is 4.46. The summed E-state index contributed by atoms with van der Waals surface area (Å²) in [4.78, 5) is 0. The lowest BCUT2D eigenvalue weighted by Crippen LogP contribution is -2.07. The number of aryl methyl sites for hydroxylation is 2. The largest absolute Gasteiger partial charge is 0.205 e. The molecule has 0 heterocycles.